The molecule has 1 N–H and O–H groups in total. The van der Waals surface area contributed by atoms with Gasteiger partial charge in [-0.2, -0.15) is 0 Å². The Hall–Kier alpha value is -1.09. The topological polar surface area (TPSA) is 40.5 Å². The van der Waals surface area contributed by atoms with E-state index >= 15 is 0 Å². The quantitative estimate of drug-likeness (QED) is 0.809. The SMILES string of the molecule is CCN(CC)C(=O)[C@@]1(C2C=CC=CC2)C[C@H]1CO. The highest BCUT2D eigenvalue weighted by molar-refractivity contribution is 5.87. The van der Waals surface area contributed by atoms with E-state index in [1.165, 1.54) is 0 Å². The molecule has 1 unspecified atom stereocenters. The highest BCUT2D eigenvalue weighted by atomic mass is 16.3. The predicted octanol–water partition coefficient (Wildman–Crippen LogP) is 1.99. The lowest BCUT2D eigenvalue weighted by Gasteiger charge is -2.31. The van der Waals surface area contributed by atoms with Crippen LogP contribution in [0, 0.1) is 17.3 Å². The summed E-state index contributed by atoms with van der Waals surface area (Å²) >= 11 is 0. The molecule has 0 spiro atoms. The Morgan fingerprint density at radius 2 is 2.11 bits per heavy atom. The molecule has 0 aromatic rings. The van der Waals surface area contributed by atoms with Crippen LogP contribution in [-0.4, -0.2) is 35.6 Å². The van der Waals surface area contributed by atoms with Crippen molar-refractivity contribution in [2.24, 2.45) is 17.3 Å². The number of carbonyl (C=O) groups is 1. The van der Waals surface area contributed by atoms with E-state index in [4.69, 9.17) is 0 Å². The van der Waals surface area contributed by atoms with Crippen LogP contribution in [0.25, 0.3) is 0 Å². The molecular weight excluding hydrogens is 226 g/mol. The molecule has 2 rings (SSSR count). The van der Waals surface area contributed by atoms with E-state index in [0.29, 0.717) is 0 Å². The fourth-order valence-corrected chi connectivity index (χ4v) is 3.22. The lowest BCUT2D eigenvalue weighted by molar-refractivity contribution is -0.139. The first kappa shape index (κ1) is 13.3. The van der Waals surface area contributed by atoms with E-state index in [-0.39, 0.29) is 29.8 Å². The van der Waals surface area contributed by atoms with Crippen LogP contribution in [-0.2, 0) is 4.79 Å². The Labute approximate surface area is 109 Å². The van der Waals surface area contributed by atoms with Gasteiger partial charge in [-0.15, -0.1) is 0 Å². The van der Waals surface area contributed by atoms with Crippen LogP contribution in [0.4, 0.5) is 0 Å². The molecule has 0 heterocycles. The second-order valence-electron chi connectivity index (χ2n) is 5.26. The first-order valence-electron chi connectivity index (χ1n) is 6.94. The van der Waals surface area contributed by atoms with Crippen LogP contribution in [0.15, 0.2) is 24.3 Å². The molecule has 0 saturated heterocycles. The second-order valence-corrected chi connectivity index (χ2v) is 5.26. The third-order valence-corrected chi connectivity index (χ3v) is 4.46. The Morgan fingerprint density at radius 3 is 2.56 bits per heavy atom. The van der Waals surface area contributed by atoms with Crippen molar-refractivity contribution in [2.45, 2.75) is 26.7 Å². The molecule has 3 nitrogen and oxygen atoms in total. The van der Waals surface area contributed by atoms with E-state index in [1.807, 2.05) is 30.9 Å². The van der Waals surface area contributed by atoms with Crippen LogP contribution in [0.3, 0.4) is 0 Å². The number of hydrogen-bond acceptors (Lipinski definition) is 2. The highest BCUT2D eigenvalue weighted by Gasteiger charge is 2.63. The van der Waals surface area contributed by atoms with E-state index in [1.54, 1.807) is 0 Å². The number of allylic oxidation sites excluding steroid dienone is 4. The molecule has 0 radical (unpaired) electrons. The number of carbonyl (C=O) groups excluding carboxylic acids is 1. The maximum Gasteiger partial charge on any atom is 0.229 e. The molecule has 2 aliphatic rings. The minimum Gasteiger partial charge on any atom is -0.396 e. The van der Waals surface area contributed by atoms with Gasteiger partial charge < -0.3 is 10.0 Å². The van der Waals surface area contributed by atoms with Crippen LogP contribution in [0.5, 0.6) is 0 Å². The second kappa shape index (κ2) is 5.27. The number of nitrogens with zero attached hydrogens (tertiary/aromatic N) is 1. The summed E-state index contributed by atoms with van der Waals surface area (Å²) in [4.78, 5) is 14.6. The molecule has 1 amide bonds. The summed E-state index contributed by atoms with van der Waals surface area (Å²) in [6, 6.07) is 0. The molecule has 0 aromatic carbocycles. The van der Waals surface area contributed by atoms with Gasteiger partial charge in [-0.1, -0.05) is 24.3 Å². The maximum atomic E-state index is 12.7. The minimum atomic E-state index is -0.331. The van der Waals surface area contributed by atoms with Gasteiger partial charge in [0.1, 0.15) is 0 Å². The number of aliphatic hydroxyl groups is 1. The van der Waals surface area contributed by atoms with Crippen LogP contribution < -0.4 is 0 Å². The van der Waals surface area contributed by atoms with Gasteiger partial charge in [0.25, 0.3) is 0 Å². The van der Waals surface area contributed by atoms with Crippen molar-refractivity contribution in [1.29, 1.82) is 0 Å². The molecule has 2 aliphatic carbocycles. The molecular formula is C15H23NO2. The summed E-state index contributed by atoms with van der Waals surface area (Å²) in [5, 5.41) is 9.44. The highest BCUT2D eigenvalue weighted by Crippen LogP contribution is 2.60. The van der Waals surface area contributed by atoms with Crippen LogP contribution >= 0.6 is 0 Å². The Kier molecular flexibility index (Phi) is 3.91. The molecule has 0 aliphatic heterocycles. The first-order valence-corrected chi connectivity index (χ1v) is 6.94. The molecule has 0 bridgehead atoms. The third kappa shape index (κ3) is 2.01. The largest absolute Gasteiger partial charge is 0.396 e. The maximum absolute atomic E-state index is 12.7. The molecule has 1 fully saturated rings. The number of amides is 1. The van der Waals surface area contributed by atoms with Crippen LogP contribution in [0.2, 0.25) is 0 Å². The molecule has 1 saturated carbocycles. The summed E-state index contributed by atoms with van der Waals surface area (Å²) in [6.45, 7) is 5.66. The Morgan fingerprint density at radius 1 is 1.39 bits per heavy atom. The number of hydrogen-bond donors (Lipinski definition) is 1. The Bertz CT molecular complexity index is 371. The van der Waals surface area contributed by atoms with Crippen molar-refractivity contribution in [1.82, 2.24) is 4.90 Å². The van der Waals surface area contributed by atoms with Gasteiger partial charge in [-0.05, 0) is 38.5 Å². The summed E-state index contributed by atoms with van der Waals surface area (Å²) < 4.78 is 0. The van der Waals surface area contributed by atoms with Crippen LogP contribution in [0.1, 0.15) is 26.7 Å². The smallest absolute Gasteiger partial charge is 0.229 e. The van der Waals surface area contributed by atoms with Crippen molar-refractivity contribution in [3.63, 3.8) is 0 Å². The summed E-state index contributed by atoms with van der Waals surface area (Å²) in [6.07, 6.45) is 10.1. The summed E-state index contributed by atoms with van der Waals surface area (Å²) in [7, 11) is 0. The third-order valence-electron chi connectivity index (χ3n) is 4.46. The monoisotopic (exact) mass is 249 g/mol. The van der Waals surface area contributed by atoms with Gasteiger partial charge >= 0.3 is 0 Å². The lowest BCUT2D eigenvalue weighted by atomic mass is 9.81. The number of aliphatic hydroxyl groups excluding tert-OH is 1. The van der Waals surface area contributed by atoms with E-state index < -0.39 is 0 Å². The predicted molar refractivity (Wildman–Crippen MR) is 71.9 cm³/mol. The van der Waals surface area contributed by atoms with Crippen molar-refractivity contribution in [3.05, 3.63) is 24.3 Å². The normalized spacial score (nSPS) is 33.5. The standard InChI is InChI=1S/C15H23NO2/c1-3-16(4-2)14(18)15(10-13(15)11-17)12-8-6-5-7-9-12/h5-8,12-13,17H,3-4,9-11H2,1-2H3/t12?,13-,15+/m0/s1. The lowest BCUT2D eigenvalue weighted by Crippen LogP contribution is -2.41. The number of rotatable bonds is 5. The average Bonchev–Trinajstić information content (AvgIpc) is 3.17. The van der Waals surface area contributed by atoms with Gasteiger partial charge in [0, 0.05) is 19.7 Å². The molecule has 3 heteroatoms. The zero-order chi connectivity index (χ0) is 13.2. The molecule has 0 aromatic heterocycles. The van der Waals surface area contributed by atoms with Gasteiger partial charge in [0.05, 0.1) is 5.41 Å². The van der Waals surface area contributed by atoms with Crippen molar-refractivity contribution >= 4 is 5.91 Å². The molecule has 18 heavy (non-hydrogen) atoms. The van der Waals surface area contributed by atoms with E-state index in [9.17, 15) is 9.90 Å². The van der Waals surface area contributed by atoms with Gasteiger partial charge in [0.2, 0.25) is 5.91 Å². The Balaban J connectivity index is 2.20. The van der Waals surface area contributed by atoms with Crippen molar-refractivity contribution < 1.29 is 9.90 Å². The zero-order valence-electron chi connectivity index (χ0n) is 11.3. The van der Waals surface area contributed by atoms with E-state index in [0.717, 1.165) is 25.9 Å². The zero-order valence-corrected chi connectivity index (χ0v) is 11.3. The molecule has 3 atom stereocenters. The fraction of sp³-hybridized carbons (Fsp3) is 0.667. The van der Waals surface area contributed by atoms with Gasteiger partial charge in [-0.25, -0.2) is 0 Å². The fourth-order valence-electron chi connectivity index (χ4n) is 3.22. The average molecular weight is 249 g/mol. The van der Waals surface area contributed by atoms with Crippen molar-refractivity contribution in [3.8, 4) is 0 Å². The van der Waals surface area contributed by atoms with Crippen molar-refractivity contribution in [2.75, 3.05) is 19.7 Å². The first-order chi connectivity index (χ1) is 8.70. The summed E-state index contributed by atoms with van der Waals surface area (Å²) in [5.74, 6) is 0.635. The molecule has 100 valence electrons. The van der Waals surface area contributed by atoms with Gasteiger partial charge in [0.15, 0.2) is 0 Å². The summed E-state index contributed by atoms with van der Waals surface area (Å²) in [5.41, 5.74) is -0.331. The van der Waals surface area contributed by atoms with E-state index in [2.05, 4.69) is 12.2 Å². The minimum absolute atomic E-state index is 0.126. The van der Waals surface area contributed by atoms with Gasteiger partial charge in [-0.3, -0.25) is 4.79 Å².